The van der Waals surface area contributed by atoms with E-state index in [1.165, 1.54) is 18.2 Å². The Morgan fingerprint density at radius 3 is 2.81 bits per heavy atom. The van der Waals surface area contributed by atoms with Crippen molar-refractivity contribution in [3.05, 3.63) is 29.8 Å². The molecule has 0 bridgehead atoms. The van der Waals surface area contributed by atoms with Gasteiger partial charge >= 0.3 is 6.18 Å². The molecule has 2 rings (SSSR count). The molecule has 0 aliphatic carbocycles. The minimum atomic E-state index is -4.40. The predicted octanol–water partition coefficient (Wildman–Crippen LogP) is 3.24. The molecule has 1 aliphatic heterocycles. The van der Waals surface area contributed by atoms with Crippen LogP contribution in [0, 0.1) is 0 Å². The third kappa shape index (κ3) is 4.89. The number of halogens is 3. The highest BCUT2D eigenvalue weighted by molar-refractivity contribution is 5.35. The van der Waals surface area contributed by atoms with Crippen molar-refractivity contribution in [1.29, 1.82) is 0 Å². The first-order valence-electron chi connectivity index (χ1n) is 7.12. The Balaban J connectivity index is 1.83. The Labute approximate surface area is 122 Å². The average Bonchev–Trinajstić information content (AvgIpc) is 2.91. The molecule has 0 amide bonds. The van der Waals surface area contributed by atoms with Gasteiger partial charge < -0.3 is 14.8 Å². The number of nitrogens with one attached hydrogen (secondary N) is 1. The first kappa shape index (κ1) is 16.1. The van der Waals surface area contributed by atoms with Gasteiger partial charge in [-0.3, -0.25) is 0 Å². The summed E-state index contributed by atoms with van der Waals surface area (Å²) < 4.78 is 49.4. The Morgan fingerprint density at radius 2 is 2.14 bits per heavy atom. The third-order valence-electron chi connectivity index (χ3n) is 3.35. The summed E-state index contributed by atoms with van der Waals surface area (Å²) in [5, 5.41) is 3.17. The maximum Gasteiger partial charge on any atom is 0.419 e. The highest BCUT2D eigenvalue weighted by Crippen LogP contribution is 2.36. The fourth-order valence-corrected chi connectivity index (χ4v) is 2.31. The SMILES string of the molecule is CC(CNCC1CCCO1)Oc1ccccc1C(F)(F)F. The topological polar surface area (TPSA) is 30.5 Å². The Bertz CT molecular complexity index is 445. The zero-order valence-corrected chi connectivity index (χ0v) is 12.0. The number of para-hydroxylation sites is 1. The normalized spacial score (nSPS) is 20.5. The van der Waals surface area contributed by atoms with Gasteiger partial charge in [-0.1, -0.05) is 12.1 Å². The number of rotatable bonds is 6. The largest absolute Gasteiger partial charge is 0.489 e. The van der Waals surface area contributed by atoms with Crippen molar-refractivity contribution in [3.8, 4) is 5.75 Å². The summed E-state index contributed by atoms with van der Waals surface area (Å²) in [5.74, 6) is -0.128. The molecule has 1 fully saturated rings. The van der Waals surface area contributed by atoms with Gasteiger partial charge in [0.15, 0.2) is 0 Å². The van der Waals surface area contributed by atoms with Crippen molar-refractivity contribution >= 4 is 0 Å². The molecule has 0 spiro atoms. The Hall–Kier alpha value is -1.27. The molecule has 1 N–H and O–H groups in total. The number of benzene rings is 1. The van der Waals surface area contributed by atoms with E-state index in [4.69, 9.17) is 9.47 Å². The van der Waals surface area contributed by atoms with Gasteiger partial charge in [0.2, 0.25) is 0 Å². The molecule has 1 aliphatic rings. The predicted molar refractivity (Wildman–Crippen MR) is 73.4 cm³/mol. The van der Waals surface area contributed by atoms with E-state index in [2.05, 4.69) is 5.32 Å². The molecule has 0 aromatic heterocycles. The fraction of sp³-hybridized carbons (Fsp3) is 0.600. The number of hydrogen-bond donors (Lipinski definition) is 1. The molecule has 1 aromatic carbocycles. The summed E-state index contributed by atoms with van der Waals surface area (Å²) >= 11 is 0. The second-order valence-electron chi connectivity index (χ2n) is 5.22. The second-order valence-corrected chi connectivity index (χ2v) is 5.22. The lowest BCUT2D eigenvalue weighted by Gasteiger charge is -2.19. The minimum absolute atomic E-state index is 0.128. The van der Waals surface area contributed by atoms with Gasteiger partial charge in [-0.05, 0) is 31.9 Å². The molecule has 118 valence electrons. The van der Waals surface area contributed by atoms with Crippen LogP contribution in [0.2, 0.25) is 0 Å². The maximum atomic E-state index is 12.8. The van der Waals surface area contributed by atoms with E-state index in [1.807, 2.05) is 0 Å². The fourth-order valence-electron chi connectivity index (χ4n) is 2.31. The zero-order chi connectivity index (χ0) is 15.3. The molecule has 0 radical (unpaired) electrons. The number of hydrogen-bond acceptors (Lipinski definition) is 3. The van der Waals surface area contributed by atoms with Crippen LogP contribution in [0.4, 0.5) is 13.2 Å². The zero-order valence-electron chi connectivity index (χ0n) is 12.0. The summed E-state index contributed by atoms with van der Waals surface area (Å²) in [6, 6.07) is 5.27. The maximum absolute atomic E-state index is 12.8. The van der Waals surface area contributed by atoms with Gasteiger partial charge in [0, 0.05) is 19.7 Å². The molecule has 21 heavy (non-hydrogen) atoms. The number of ether oxygens (including phenoxy) is 2. The van der Waals surface area contributed by atoms with Crippen LogP contribution in [0.1, 0.15) is 25.3 Å². The van der Waals surface area contributed by atoms with Crippen LogP contribution in [-0.2, 0) is 10.9 Å². The van der Waals surface area contributed by atoms with Crippen molar-refractivity contribution in [2.75, 3.05) is 19.7 Å². The van der Waals surface area contributed by atoms with Crippen LogP contribution < -0.4 is 10.1 Å². The molecule has 1 aromatic rings. The van der Waals surface area contributed by atoms with Gasteiger partial charge in [-0.2, -0.15) is 13.2 Å². The van der Waals surface area contributed by atoms with Crippen molar-refractivity contribution in [3.63, 3.8) is 0 Å². The molecule has 0 saturated carbocycles. The standard InChI is InChI=1S/C15H20F3NO2/c1-11(9-19-10-12-5-4-8-20-12)21-14-7-3-2-6-13(14)15(16,17)18/h2-3,6-7,11-12,19H,4-5,8-10H2,1H3. The van der Waals surface area contributed by atoms with E-state index in [9.17, 15) is 13.2 Å². The van der Waals surface area contributed by atoms with Gasteiger partial charge in [0.05, 0.1) is 11.7 Å². The lowest BCUT2D eigenvalue weighted by atomic mass is 10.2. The Kier molecular flexibility index (Phi) is 5.47. The molecule has 6 heteroatoms. The second kappa shape index (κ2) is 7.13. The van der Waals surface area contributed by atoms with Crippen LogP contribution in [0.15, 0.2) is 24.3 Å². The van der Waals surface area contributed by atoms with Crippen molar-refractivity contribution in [1.82, 2.24) is 5.32 Å². The minimum Gasteiger partial charge on any atom is -0.489 e. The van der Waals surface area contributed by atoms with Crippen LogP contribution in [0.25, 0.3) is 0 Å². The summed E-state index contributed by atoms with van der Waals surface area (Å²) in [7, 11) is 0. The monoisotopic (exact) mass is 303 g/mol. The van der Waals surface area contributed by atoms with Gasteiger partial charge in [0.25, 0.3) is 0 Å². The smallest absolute Gasteiger partial charge is 0.419 e. The molecular formula is C15H20F3NO2. The average molecular weight is 303 g/mol. The summed E-state index contributed by atoms with van der Waals surface area (Å²) in [6.07, 6.45) is -2.45. The molecule has 1 heterocycles. The lowest BCUT2D eigenvalue weighted by Crippen LogP contribution is -2.34. The van der Waals surface area contributed by atoms with Crippen molar-refractivity contribution < 1.29 is 22.6 Å². The van der Waals surface area contributed by atoms with Crippen molar-refractivity contribution in [2.45, 2.75) is 38.1 Å². The van der Waals surface area contributed by atoms with Crippen LogP contribution in [-0.4, -0.2) is 31.9 Å². The van der Waals surface area contributed by atoms with Gasteiger partial charge in [-0.15, -0.1) is 0 Å². The first-order valence-corrected chi connectivity index (χ1v) is 7.12. The summed E-state index contributed by atoms with van der Waals surface area (Å²) in [4.78, 5) is 0. The quantitative estimate of drug-likeness (QED) is 0.875. The van der Waals surface area contributed by atoms with E-state index >= 15 is 0 Å². The summed E-state index contributed by atoms with van der Waals surface area (Å²) in [6.45, 7) is 3.72. The molecule has 1 saturated heterocycles. The van der Waals surface area contributed by atoms with Gasteiger partial charge in [0.1, 0.15) is 11.9 Å². The van der Waals surface area contributed by atoms with E-state index in [0.717, 1.165) is 25.5 Å². The van der Waals surface area contributed by atoms with Crippen LogP contribution in [0.5, 0.6) is 5.75 Å². The number of alkyl halides is 3. The van der Waals surface area contributed by atoms with E-state index in [1.54, 1.807) is 6.92 Å². The van der Waals surface area contributed by atoms with Gasteiger partial charge in [-0.25, -0.2) is 0 Å². The molecular weight excluding hydrogens is 283 g/mol. The lowest BCUT2D eigenvalue weighted by molar-refractivity contribution is -0.139. The highest BCUT2D eigenvalue weighted by atomic mass is 19.4. The third-order valence-corrected chi connectivity index (χ3v) is 3.35. The van der Waals surface area contributed by atoms with E-state index in [-0.39, 0.29) is 18.0 Å². The van der Waals surface area contributed by atoms with E-state index in [0.29, 0.717) is 13.1 Å². The molecule has 2 atom stereocenters. The van der Waals surface area contributed by atoms with Crippen molar-refractivity contribution in [2.24, 2.45) is 0 Å². The van der Waals surface area contributed by atoms with Crippen LogP contribution >= 0.6 is 0 Å². The highest BCUT2D eigenvalue weighted by Gasteiger charge is 2.34. The van der Waals surface area contributed by atoms with Crippen LogP contribution in [0.3, 0.4) is 0 Å². The molecule has 3 nitrogen and oxygen atoms in total. The summed E-state index contributed by atoms with van der Waals surface area (Å²) in [5.41, 5.74) is -0.740. The molecule has 2 unspecified atom stereocenters. The Morgan fingerprint density at radius 1 is 1.38 bits per heavy atom. The first-order chi connectivity index (χ1) is 9.97. The van der Waals surface area contributed by atoms with E-state index < -0.39 is 11.7 Å².